The quantitative estimate of drug-likeness (QED) is 0.327. The van der Waals surface area contributed by atoms with Crippen molar-refractivity contribution < 1.29 is 4.79 Å². The van der Waals surface area contributed by atoms with Gasteiger partial charge in [-0.15, -0.1) is 6.58 Å². The van der Waals surface area contributed by atoms with Crippen molar-refractivity contribution >= 4 is 5.78 Å². The van der Waals surface area contributed by atoms with E-state index >= 15 is 0 Å². The zero-order valence-corrected chi connectivity index (χ0v) is 13.9. The van der Waals surface area contributed by atoms with Crippen molar-refractivity contribution in [1.29, 1.82) is 0 Å². The first-order chi connectivity index (χ1) is 9.63. The van der Waals surface area contributed by atoms with Gasteiger partial charge in [-0.1, -0.05) is 51.7 Å². The maximum atomic E-state index is 10.9. The average Bonchev–Trinajstić information content (AvgIpc) is 2.46. The van der Waals surface area contributed by atoms with E-state index in [0.29, 0.717) is 0 Å². The lowest BCUT2D eigenvalue weighted by molar-refractivity contribution is -0.117. The monoisotopic (exact) mass is 281 g/mol. The highest BCUT2D eigenvalue weighted by atomic mass is 16.1. The van der Waals surface area contributed by atoms with Crippen molar-refractivity contribution in [3.8, 4) is 0 Å². The number of allylic oxidation sites excluding steroid dienone is 3. The van der Waals surface area contributed by atoms with E-state index < -0.39 is 0 Å². The van der Waals surface area contributed by atoms with Crippen LogP contribution >= 0.6 is 0 Å². The number of hydrogen-bond donors (Lipinski definition) is 1. The van der Waals surface area contributed by atoms with Crippen LogP contribution in [0.5, 0.6) is 0 Å². The van der Waals surface area contributed by atoms with E-state index in [0.717, 1.165) is 13.0 Å². The third-order valence-corrected chi connectivity index (χ3v) is 3.29. The van der Waals surface area contributed by atoms with Gasteiger partial charge in [0.05, 0.1) is 0 Å². The minimum Gasteiger partial charge on any atom is -0.330 e. The van der Waals surface area contributed by atoms with E-state index in [9.17, 15) is 4.79 Å². The number of ketones is 1. The Balaban J connectivity index is 0. The number of rotatable bonds is 11. The molecule has 0 saturated heterocycles. The Hall–Kier alpha value is -0.890. The van der Waals surface area contributed by atoms with Crippen LogP contribution in [0, 0.1) is 5.92 Å². The molecule has 0 aromatic rings. The normalized spacial score (nSPS) is 11.8. The highest BCUT2D eigenvalue weighted by molar-refractivity contribution is 5.91. The smallest absolute Gasteiger partial charge is 0.158 e. The highest BCUT2D eigenvalue weighted by Crippen LogP contribution is 2.06. The van der Waals surface area contributed by atoms with Gasteiger partial charge in [-0.25, -0.2) is 0 Å². The van der Waals surface area contributed by atoms with Crippen molar-refractivity contribution in [2.45, 2.75) is 72.1 Å². The molecule has 0 radical (unpaired) electrons. The fraction of sp³-hybridized carbons (Fsp3) is 0.722. The predicted molar refractivity (Wildman–Crippen MR) is 90.8 cm³/mol. The SMILES string of the molecule is C/C=C/C(=O)C(C)CC.C=CCCCCCCCCN. The minimum absolute atomic E-state index is 0.196. The number of nitrogens with two attached hydrogens (primary N) is 1. The van der Waals surface area contributed by atoms with Crippen LogP contribution in [-0.4, -0.2) is 12.3 Å². The molecule has 0 heterocycles. The molecule has 1 unspecified atom stereocenters. The van der Waals surface area contributed by atoms with Crippen molar-refractivity contribution in [3.63, 3.8) is 0 Å². The second kappa shape index (κ2) is 18.1. The summed E-state index contributed by atoms with van der Waals surface area (Å²) in [6.45, 7) is 10.4. The lowest BCUT2D eigenvalue weighted by Gasteiger charge is -2.00. The van der Waals surface area contributed by atoms with Crippen LogP contribution in [0.3, 0.4) is 0 Å². The van der Waals surface area contributed by atoms with Gasteiger partial charge in [0, 0.05) is 5.92 Å². The van der Waals surface area contributed by atoms with Crippen LogP contribution in [-0.2, 0) is 4.79 Å². The van der Waals surface area contributed by atoms with Crippen molar-refractivity contribution in [1.82, 2.24) is 0 Å². The zero-order valence-electron chi connectivity index (χ0n) is 13.9. The summed E-state index contributed by atoms with van der Waals surface area (Å²) in [5.41, 5.74) is 5.38. The van der Waals surface area contributed by atoms with Gasteiger partial charge in [-0.3, -0.25) is 4.79 Å². The van der Waals surface area contributed by atoms with Gasteiger partial charge in [0.25, 0.3) is 0 Å². The third kappa shape index (κ3) is 17.1. The molecule has 2 heteroatoms. The number of carbonyl (C=O) groups is 1. The van der Waals surface area contributed by atoms with E-state index in [2.05, 4.69) is 6.58 Å². The fourth-order valence-corrected chi connectivity index (χ4v) is 1.67. The lowest BCUT2D eigenvalue weighted by Crippen LogP contribution is -2.05. The Labute approximate surface area is 126 Å². The summed E-state index contributed by atoms with van der Waals surface area (Å²) < 4.78 is 0. The summed E-state index contributed by atoms with van der Waals surface area (Å²) in [4.78, 5) is 10.9. The second-order valence-electron chi connectivity index (χ2n) is 5.20. The molecule has 0 aliphatic carbocycles. The molecule has 0 rings (SSSR count). The van der Waals surface area contributed by atoms with Gasteiger partial charge < -0.3 is 5.73 Å². The minimum atomic E-state index is 0.196. The lowest BCUT2D eigenvalue weighted by atomic mass is 10.0. The predicted octanol–water partition coefficient (Wildman–Crippen LogP) is 5.04. The standard InChI is InChI=1S/C10H21N.C8H14O/c1-2-3-4-5-6-7-8-9-10-11;1-4-6-8(9)7(3)5-2/h2H,1,3-11H2;4,6-7H,5H2,1-3H3/b;6-4+. The van der Waals surface area contributed by atoms with Crippen LogP contribution < -0.4 is 5.73 Å². The zero-order chi connectivity index (χ0) is 15.6. The second-order valence-corrected chi connectivity index (χ2v) is 5.20. The summed E-state index contributed by atoms with van der Waals surface area (Å²) in [6.07, 6.45) is 15.4. The van der Waals surface area contributed by atoms with Crippen molar-refractivity contribution in [2.24, 2.45) is 11.7 Å². The summed E-state index contributed by atoms with van der Waals surface area (Å²) in [6, 6.07) is 0. The molecule has 0 aliphatic rings. The van der Waals surface area contributed by atoms with Gasteiger partial charge >= 0.3 is 0 Å². The Bertz CT molecular complexity index is 246. The Morgan fingerprint density at radius 2 is 1.70 bits per heavy atom. The Morgan fingerprint density at radius 3 is 2.15 bits per heavy atom. The highest BCUT2D eigenvalue weighted by Gasteiger charge is 2.04. The first-order valence-electron chi connectivity index (χ1n) is 8.11. The van der Waals surface area contributed by atoms with Gasteiger partial charge in [0.1, 0.15) is 0 Å². The number of unbranched alkanes of at least 4 members (excludes halogenated alkanes) is 6. The molecule has 1 atom stereocenters. The van der Waals surface area contributed by atoms with Crippen LogP contribution in [0.1, 0.15) is 72.1 Å². The van der Waals surface area contributed by atoms with E-state index in [1.165, 1.54) is 44.9 Å². The van der Waals surface area contributed by atoms with Gasteiger partial charge in [0.15, 0.2) is 5.78 Å². The van der Waals surface area contributed by atoms with E-state index in [1.54, 1.807) is 12.2 Å². The molecule has 0 aromatic carbocycles. The molecular weight excluding hydrogens is 246 g/mol. The van der Waals surface area contributed by atoms with Crippen LogP contribution in [0.15, 0.2) is 24.8 Å². The summed E-state index contributed by atoms with van der Waals surface area (Å²) in [5, 5.41) is 0. The first-order valence-corrected chi connectivity index (χ1v) is 8.11. The molecule has 2 nitrogen and oxygen atoms in total. The molecule has 2 N–H and O–H groups in total. The topological polar surface area (TPSA) is 43.1 Å². The first kappa shape index (κ1) is 21.4. The van der Waals surface area contributed by atoms with Gasteiger partial charge in [-0.05, 0) is 45.2 Å². The molecule has 0 amide bonds. The third-order valence-electron chi connectivity index (χ3n) is 3.29. The van der Waals surface area contributed by atoms with E-state index in [1.807, 2.05) is 26.8 Å². The summed E-state index contributed by atoms with van der Waals surface area (Å²) >= 11 is 0. The van der Waals surface area contributed by atoms with Gasteiger partial charge in [-0.2, -0.15) is 0 Å². The molecule has 0 bridgehead atoms. The number of carbonyl (C=O) groups excluding carboxylic acids is 1. The van der Waals surface area contributed by atoms with E-state index in [-0.39, 0.29) is 11.7 Å². The maximum absolute atomic E-state index is 10.9. The number of hydrogen-bond acceptors (Lipinski definition) is 2. The molecule has 118 valence electrons. The molecule has 0 spiro atoms. The van der Waals surface area contributed by atoms with Gasteiger partial charge in [0.2, 0.25) is 0 Å². The Morgan fingerprint density at radius 1 is 1.15 bits per heavy atom. The maximum Gasteiger partial charge on any atom is 0.158 e. The molecule has 0 aromatic heterocycles. The van der Waals surface area contributed by atoms with E-state index in [4.69, 9.17) is 5.73 Å². The largest absolute Gasteiger partial charge is 0.330 e. The van der Waals surface area contributed by atoms with Crippen LogP contribution in [0.25, 0.3) is 0 Å². The Kier molecular flexibility index (Phi) is 19.4. The molecule has 0 aliphatic heterocycles. The van der Waals surface area contributed by atoms with Crippen molar-refractivity contribution in [3.05, 3.63) is 24.8 Å². The fourth-order valence-electron chi connectivity index (χ4n) is 1.67. The average molecular weight is 281 g/mol. The van der Waals surface area contributed by atoms with Crippen LogP contribution in [0.4, 0.5) is 0 Å². The molecule has 0 saturated carbocycles. The summed E-state index contributed by atoms with van der Waals surface area (Å²) in [7, 11) is 0. The van der Waals surface area contributed by atoms with Crippen LogP contribution in [0.2, 0.25) is 0 Å². The summed E-state index contributed by atoms with van der Waals surface area (Å²) in [5.74, 6) is 0.432. The molecule has 0 fully saturated rings. The van der Waals surface area contributed by atoms with Crippen molar-refractivity contribution in [2.75, 3.05) is 6.54 Å². The molecule has 20 heavy (non-hydrogen) atoms. The molecular formula is C18H35NO.